The Hall–Kier alpha value is -1.81. The van der Waals surface area contributed by atoms with Gasteiger partial charge in [-0.15, -0.1) is 0 Å². The van der Waals surface area contributed by atoms with Gasteiger partial charge in [-0.1, -0.05) is 39.7 Å². The van der Waals surface area contributed by atoms with Gasteiger partial charge in [0.15, 0.2) is 0 Å². The summed E-state index contributed by atoms with van der Waals surface area (Å²) in [6.45, 7) is 4.39. The van der Waals surface area contributed by atoms with Gasteiger partial charge in [0, 0.05) is 4.47 Å². The lowest BCUT2D eigenvalue weighted by molar-refractivity contribution is 0.0691. The van der Waals surface area contributed by atoms with E-state index in [4.69, 9.17) is 4.74 Å². The molecule has 0 aromatic heterocycles. The van der Waals surface area contributed by atoms with Crippen LogP contribution in [0.2, 0.25) is 0 Å². The van der Waals surface area contributed by atoms with Gasteiger partial charge in [0.1, 0.15) is 17.9 Å². The van der Waals surface area contributed by atoms with E-state index < -0.39 is 5.97 Å². The van der Waals surface area contributed by atoms with E-state index >= 15 is 0 Å². The van der Waals surface area contributed by atoms with Gasteiger partial charge in [0.05, 0.1) is 0 Å². The van der Waals surface area contributed by atoms with E-state index in [1.807, 2.05) is 26.0 Å². The molecule has 2 rings (SSSR count). The third-order valence-electron chi connectivity index (χ3n) is 3.06. The van der Waals surface area contributed by atoms with E-state index in [2.05, 4.69) is 22.0 Å². The monoisotopic (exact) mass is 334 g/mol. The molecule has 0 radical (unpaired) electrons. The molecule has 2 aromatic rings. The Morgan fingerprint density at radius 2 is 1.95 bits per heavy atom. The standard InChI is InChI=1S/C16H15BrO3/c1-10-3-4-11(2)12(7-10)9-20-15-6-5-13(17)8-14(15)16(18)19/h3-8H,9H2,1-2H3,(H,18,19). The van der Waals surface area contributed by atoms with Gasteiger partial charge in [-0.3, -0.25) is 0 Å². The van der Waals surface area contributed by atoms with Crippen LogP contribution in [0.3, 0.4) is 0 Å². The van der Waals surface area contributed by atoms with E-state index in [1.54, 1.807) is 18.2 Å². The molecule has 0 saturated heterocycles. The molecule has 1 N–H and O–H groups in total. The number of benzene rings is 2. The summed E-state index contributed by atoms with van der Waals surface area (Å²) in [4.78, 5) is 11.2. The summed E-state index contributed by atoms with van der Waals surface area (Å²) in [6, 6.07) is 11.1. The van der Waals surface area contributed by atoms with Crippen LogP contribution in [0.4, 0.5) is 0 Å². The van der Waals surface area contributed by atoms with Gasteiger partial charge in [-0.2, -0.15) is 0 Å². The predicted molar refractivity (Wildman–Crippen MR) is 81.3 cm³/mol. The number of carboxylic acids is 1. The first-order chi connectivity index (χ1) is 9.47. The molecular weight excluding hydrogens is 320 g/mol. The Morgan fingerprint density at radius 1 is 1.20 bits per heavy atom. The number of hydrogen-bond acceptors (Lipinski definition) is 2. The lowest BCUT2D eigenvalue weighted by Crippen LogP contribution is -2.04. The molecule has 2 aromatic carbocycles. The Labute approximate surface area is 126 Å². The highest BCUT2D eigenvalue weighted by atomic mass is 79.9. The van der Waals surface area contributed by atoms with Crippen LogP contribution in [0.5, 0.6) is 5.75 Å². The van der Waals surface area contributed by atoms with Crippen molar-refractivity contribution >= 4 is 21.9 Å². The topological polar surface area (TPSA) is 46.5 Å². The summed E-state index contributed by atoms with van der Waals surface area (Å²) in [5, 5.41) is 9.19. The van der Waals surface area contributed by atoms with Crippen molar-refractivity contribution in [2.24, 2.45) is 0 Å². The Kier molecular flexibility index (Phi) is 4.45. The van der Waals surface area contributed by atoms with E-state index in [1.165, 1.54) is 0 Å². The third kappa shape index (κ3) is 3.39. The number of rotatable bonds is 4. The van der Waals surface area contributed by atoms with Gasteiger partial charge in [-0.25, -0.2) is 4.79 Å². The van der Waals surface area contributed by atoms with Crippen molar-refractivity contribution in [1.29, 1.82) is 0 Å². The molecule has 104 valence electrons. The first kappa shape index (κ1) is 14.6. The van der Waals surface area contributed by atoms with Crippen LogP contribution in [-0.2, 0) is 6.61 Å². The fourth-order valence-corrected chi connectivity index (χ4v) is 2.27. The highest BCUT2D eigenvalue weighted by molar-refractivity contribution is 9.10. The molecule has 0 unspecified atom stereocenters. The van der Waals surface area contributed by atoms with Crippen molar-refractivity contribution in [3.63, 3.8) is 0 Å². The maximum absolute atomic E-state index is 11.2. The molecule has 0 aliphatic heterocycles. The summed E-state index contributed by atoms with van der Waals surface area (Å²) in [6.07, 6.45) is 0. The average molecular weight is 335 g/mol. The van der Waals surface area contributed by atoms with E-state index in [-0.39, 0.29) is 5.56 Å². The van der Waals surface area contributed by atoms with Crippen molar-refractivity contribution in [2.75, 3.05) is 0 Å². The molecule has 0 bridgehead atoms. The molecule has 0 spiro atoms. The second-order valence-corrected chi connectivity index (χ2v) is 5.58. The minimum absolute atomic E-state index is 0.157. The molecule has 0 aliphatic rings. The van der Waals surface area contributed by atoms with Crippen molar-refractivity contribution in [1.82, 2.24) is 0 Å². The second kappa shape index (κ2) is 6.09. The molecule has 0 amide bonds. The largest absolute Gasteiger partial charge is 0.488 e. The summed E-state index contributed by atoms with van der Waals surface area (Å²) in [5.41, 5.74) is 3.50. The molecule has 0 saturated carbocycles. The van der Waals surface area contributed by atoms with Crippen LogP contribution >= 0.6 is 15.9 Å². The Balaban J connectivity index is 2.23. The molecule has 3 nitrogen and oxygen atoms in total. The lowest BCUT2D eigenvalue weighted by atomic mass is 10.1. The second-order valence-electron chi connectivity index (χ2n) is 4.66. The van der Waals surface area contributed by atoms with E-state index in [0.29, 0.717) is 16.8 Å². The SMILES string of the molecule is Cc1ccc(C)c(COc2ccc(Br)cc2C(=O)O)c1. The van der Waals surface area contributed by atoms with Crippen molar-refractivity contribution in [3.8, 4) is 5.75 Å². The molecule has 4 heteroatoms. The van der Waals surface area contributed by atoms with Crippen LogP contribution in [-0.4, -0.2) is 11.1 Å². The Morgan fingerprint density at radius 3 is 2.65 bits per heavy atom. The van der Waals surface area contributed by atoms with E-state index in [0.717, 1.165) is 16.7 Å². The van der Waals surface area contributed by atoms with Crippen molar-refractivity contribution in [3.05, 3.63) is 63.1 Å². The Bertz CT molecular complexity index is 650. The number of aromatic carboxylic acids is 1. The first-order valence-electron chi connectivity index (χ1n) is 6.19. The van der Waals surface area contributed by atoms with E-state index in [9.17, 15) is 9.90 Å². The van der Waals surface area contributed by atoms with Crippen LogP contribution < -0.4 is 4.74 Å². The normalized spacial score (nSPS) is 10.3. The zero-order valence-electron chi connectivity index (χ0n) is 11.3. The number of carboxylic acid groups (broad SMARTS) is 1. The van der Waals surface area contributed by atoms with Gasteiger partial charge in [0.2, 0.25) is 0 Å². The number of aryl methyl sites for hydroxylation is 2. The number of hydrogen-bond donors (Lipinski definition) is 1. The fourth-order valence-electron chi connectivity index (χ4n) is 1.91. The lowest BCUT2D eigenvalue weighted by Gasteiger charge is -2.12. The van der Waals surface area contributed by atoms with Crippen LogP contribution in [0.15, 0.2) is 40.9 Å². The maximum atomic E-state index is 11.2. The number of ether oxygens (including phenoxy) is 1. The zero-order valence-corrected chi connectivity index (χ0v) is 12.9. The smallest absolute Gasteiger partial charge is 0.339 e. The fraction of sp³-hybridized carbons (Fsp3) is 0.188. The van der Waals surface area contributed by atoms with Crippen molar-refractivity contribution in [2.45, 2.75) is 20.5 Å². The van der Waals surface area contributed by atoms with Crippen LogP contribution in [0.1, 0.15) is 27.0 Å². The highest BCUT2D eigenvalue weighted by Crippen LogP contribution is 2.24. The molecule has 0 atom stereocenters. The first-order valence-corrected chi connectivity index (χ1v) is 6.98. The number of halogens is 1. The third-order valence-corrected chi connectivity index (χ3v) is 3.55. The molecule has 0 aliphatic carbocycles. The molecule has 20 heavy (non-hydrogen) atoms. The average Bonchev–Trinajstić information content (AvgIpc) is 2.40. The minimum Gasteiger partial charge on any atom is -0.488 e. The van der Waals surface area contributed by atoms with Crippen molar-refractivity contribution < 1.29 is 14.6 Å². The van der Waals surface area contributed by atoms with Gasteiger partial charge >= 0.3 is 5.97 Å². The maximum Gasteiger partial charge on any atom is 0.339 e. The molecular formula is C16H15BrO3. The van der Waals surface area contributed by atoms with Crippen LogP contribution in [0, 0.1) is 13.8 Å². The molecule has 0 fully saturated rings. The highest BCUT2D eigenvalue weighted by Gasteiger charge is 2.12. The van der Waals surface area contributed by atoms with Crippen LogP contribution in [0.25, 0.3) is 0 Å². The van der Waals surface area contributed by atoms with Gasteiger partial charge in [-0.05, 0) is 43.2 Å². The van der Waals surface area contributed by atoms with Gasteiger partial charge in [0.25, 0.3) is 0 Å². The summed E-state index contributed by atoms with van der Waals surface area (Å²) in [7, 11) is 0. The summed E-state index contributed by atoms with van der Waals surface area (Å²) >= 11 is 3.26. The summed E-state index contributed by atoms with van der Waals surface area (Å²) in [5.74, 6) is -0.621. The number of carbonyl (C=O) groups is 1. The predicted octanol–water partition coefficient (Wildman–Crippen LogP) is 4.34. The van der Waals surface area contributed by atoms with Gasteiger partial charge < -0.3 is 9.84 Å². The quantitative estimate of drug-likeness (QED) is 0.904. The summed E-state index contributed by atoms with van der Waals surface area (Å²) < 4.78 is 6.39. The molecule has 0 heterocycles. The minimum atomic E-state index is -0.998. The zero-order chi connectivity index (χ0) is 14.7.